The zero-order valence-corrected chi connectivity index (χ0v) is 9.72. The van der Waals surface area contributed by atoms with E-state index in [2.05, 4.69) is 21.7 Å². The lowest BCUT2D eigenvalue weighted by molar-refractivity contribution is 0.212. The predicted octanol–water partition coefficient (Wildman–Crippen LogP) is 0.314. The normalized spacial score (nSPS) is 19.6. The van der Waals surface area contributed by atoms with Gasteiger partial charge in [0.2, 0.25) is 0 Å². The van der Waals surface area contributed by atoms with Crippen LogP contribution in [-0.2, 0) is 0 Å². The van der Waals surface area contributed by atoms with Gasteiger partial charge in [0.15, 0.2) is 5.43 Å². The summed E-state index contributed by atoms with van der Waals surface area (Å²) in [6.45, 7) is 7.62. The third-order valence-corrected chi connectivity index (χ3v) is 3.06. The zero-order chi connectivity index (χ0) is 11.4. The number of nitrogens with one attached hydrogen (secondary N) is 1. The van der Waals surface area contributed by atoms with Crippen LogP contribution < -0.4 is 10.7 Å². The second-order valence-corrected chi connectivity index (χ2v) is 4.38. The van der Waals surface area contributed by atoms with Crippen LogP contribution in [0.4, 0.5) is 0 Å². The Morgan fingerprint density at radius 1 is 1.31 bits per heavy atom. The van der Waals surface area contributed by atoms with Gasteiger partial charge in [-0.25, -0.2) is 0 Å². The molecule has 0 bridgehead atoms. The first-order chi connectivity index (χ1) is 7.75. The van der Waals surface area contributed by atoms with Crippen molar-refractivity contribution in [1.29, 1.82) is 0 Å². The molecule has 1 aliphatic heterocycles. The summed E-state index contributed by atoms with van der Waals surface area (Å²) in [6, 6.07) is 3.65. The molecule has 0 spiro atoms. The van der Waals surface area contributed by atoms with Crippen molar-refractivity contribution in [2.75, 3.05) is 32.7 Å². The maximum absolute atomic E-state index is 11.0. The van der Waals surface area contributed by atoms with E-state index < -0.39 is 0 Å². The van der Waals surface area contributed by atoms with E-state index in [1.54, 1.807) is 12.1 Å². The van der Waals surface area contributed by atoms with Crippen LogP contribution in [0.25, 0.3) is 0 Å². The molecule has 0 aromatic carbocycles. The van der Waals surface area contributed by atoms with Gasteiger partial charge in [-0.1, -0.05) is 0 Å². The average molecular weight is 221 g/mol. The lowest BCUT2D eigenvalue weighted by atomic mass is 10.2. The van der Waals surface area contributed by atoms with Gasteiger partial charge in [-0.2, -0.15) is 0 Å². The molecule has 16 heavy (non-hydrogen) atoms. The van der Waals surface area contributed by atoms with E-state index in [9.17, 15) is 4.79 Å². The number of piperazine rings is 1. The van der Waals surface area contributed by atoms with Crippen molar-refractivity contribution < 1.29 is 0 Å². The van der Waals surface area contributed by atoms with E-state index in [-0.39, 0.29) is 5.43 Å². The van der Waals surface area contributed by atoms with Crippen molar-refractivity contribution in [3.05, 3.63) is 34.7 Å². The van der Waals surface area contributed by atoms with Crippen LogP contribution in [0, 0.1) is 0 Å². The summed E-state index contributed by atoms with van der Waals surface area (Å²) in [5.41, 5.74) is 0.0747. The number of hydrogen-bond donors (Lipinski definition) is 1. The first-order valence-electron chi connectivity index (χ1n) is 5.86. The van der Waals surface area contributed by atoms with Crippen LogP contribution in [0.15, 0.2) is 29.3 Å². The Labute approximate surface area is 95.9 Å². The first kappa shape index (κ1) is 11.4. The smallest absolute Gasteiger partial charge is 0.181 e. The number of pyridine rings is 1. The predicted molar refractivity (Wildman–Crippen MR) is 64.7 cm³/mol. The number of hydrogen-bond acceptors (Lipinski definition) is 3. The molecule has 0 radical (unpaired) electrons. The number of rotatable bonds is 3. The third-order valence-electron chi connectivity index (χ3n) is 3.06. The molecule has 0 saturated carbocycles. The fraction of sp³-hybridized carbons (Fsp3) is 0.583. The molecule has 2 heterocycles. The van der Waals surface area contributed by atoms with Crippen molar-refractivity contribution in [2.45, 2.75) is 13.0 Å². The molecule has 0 amide bonds. The minimum absolute atomic E-state index is 0.0747. The van der Waals surface area contributed by atoms with Gasteiger partial charge in [-0.3, -0.25) is 9.69 Å². The van der Waals surface area contributed by atoms with Gasteiger partial charge in [0.1, 0.15) is 0 Å². The molecular formula is C12H19N3O. The standard InChI is InChI=1S/C12H19N3O/c1-11(10-14-8-4-13-5-9-14)15-6-2-12(16)3-7-15/h2-3,6-7,11,13H,4-5,8-10H2,1H3. The van der Waals surface area contributed by atoms with E-state index >= 15 is 0 Å². The highest BCUT2D eigenvalue weighted by Crippen LogP contribution is 2.07. The zero-order valence-electron chi connectivity index (χ0n) is 9.72. The van der Waals surface area contributed by atoms with Gasteiger partial charge in [0, 0.05) is 63.3 Å². The molecule has 2 rings (SSSR count). The minimum atomic E-state index is 0.0747. The van der Waals surface area contributed by atoms with Crippen molar-refractivity contribution in [3.8, 4) is 0 Å². The van der Waals surface area contributed by atoms with Gasteiger partial charge in [-0.05, 0) is 6.92 Å². The van der Waals surface area contributed by atoms with Gasteiger partial charge in [-0.15, -0.1) is 0 Å². The van der Waals surface area contributed by atoms with E-state index in [4.69, 9.17) is 0 Å². The number of nitrogens with zero attached hydrogens (tertiary/aromatic N) is 2. The second-order valence-electron chi connectivity index (χ2n) is 4.38. The summed E-state index contributed by atoms with van der Waals surface area (Å²) in [6.07, 6.45) is 3.74. The molecule has 1 unspecified atom stereocenters. The first-order valence-corrected chi connectivity index (χ1v) is 5.86. The summed E-state index contributed by atoms with van der Waals surface area (Å²) in [7, 11) is 0. The molecule has 1 saturated heterocycles. The Kier molecular flexibility index (Phi) is 3.74. The molecule has 1 aliphatic rings. The van der Waals surface area contributed by atoms with Gasteiger partial charge >= 0.3 is 0 Å². The van der Waals surface area contributed by atoms with Crippen LogP contribution in [0.1, 0.15) is 13.0 Å². The van der Waals surface area contributed by atoms with Crippen molar-refractivity contribution in [1.82, 2.24) is 14.8 Å². The molecule has 1 fully saturated rings. The van der Waals surface area contributed by atoms with Gasteiger partial charge < -0.3 is 9.88 Å². The molecule has 88 valence electrons. The second kappa shape index (κ2) is 5.27. The van der Waals surface area contributed by atoms with E-state index in [0.29, 0.717) is 6.04 Å². The molecule has 4 nitrogen and oxygen atoms in total. The highest BCUT2D eigenvalue weighted by Gasteiger charge is 2.13. The fourth-order valence-electron chi connectivity index (χ4n) is 2.08. The lowest BCUT2D eigenvalue weighted by Crippen LogP contribution is -2.45. The maximum atomic E-state index is 11.0. The molecular weight excluding hydrogens is 202 g/mol. The van der Waals surface area contributed by atoms with Crippen LogP contribution in [-0.4, -0.2) is 42.2 Å². The topological polar surface area (TPSA) is 37.3 Å². The molecule has 4 heteroatoms. The van der Waals surface area contributed by atoms with Crippen LogP contribution in [0.2, 0.25) is 0 Å². The SMILES string of the molecule is CC(CN1CCNCC1)n1ccc(=O)cc1. The van der Waals surface area contributed by atoms with Crippen LogP contribution in [0.3, 0.4) is 0 Å². The highest BCUT2D eigenvalue weighted by atomic mass is 16.1. The van der Waals surface area contributed by atoms with Crippen molar-refractivity contribution in [2.24, 2.45) is 0 Å². The summed E-state index contributed by atoms with van der Waals surface area (Å²) < 4.78 is 2.10. The Bertz CT molecular complexity index is 362. The Morgan fingerprint density at radius 3 is 2.56 bits per heavy atom. The molecule has 0 aliphatic carbocycles. The fourth-order valence-corrected chi connectivity index (χ4v) is 2.08. The Hall–Kier alpha value is -1.13. The summed E-state index contributed by atoms with van der Waals surface area (Å²) in [4.78, 5) is 13.5. The molecule has 1 aromatic heterocycles. The summed E-state index contributed by atoms with van der Waals surface area (Å²) >= 11 is 0. The van der Waals surface area contributed by atoms with E-state index in [0.717, 1.165) is 32.7 Å². The number of aromatic nitrogens is 1. The Morgan fingerprint density at radius 2 is 1.94 bits per heavy atom. The highest BCUT2D eigenvalue weighted by molar-refractivity contribution is 4.95. The van der Waals surface area contributed by atoms with Crippen molar-refractivity contribution >= 4 is 0 Å². The average Bonchev–Trinajstić information content (AvgIpc) is 2.31. The Balaban J connectivity index is 1.93. The minimum Gasteiger partial charge on any atom is -0.350 e. The molecule has 1 N–H and O–H groups in total. The van der Waals surface area contributed by atoms with Crippen LogP contribution in [0.5, 0.6) is 0 Å². The van der Waals surface area contributed by atoms with Gasteiger partial charge in [0.05, 0.1) is 0 Å². The van der Waals surface area contributed by atoms with Crippen LogP contribution >= 0.6 is 0 Å². The molecule has 1 atom stereocenters. The van der Waals surface area contributed by atoms with Crippen molar-refractivity contribution in [3.63, 3.8) is 0 Å². The monoisotopic (exact) mass is 221 g/mol. The van der Waals surface area contributed by atoms with E-state index in [1.807, 2.05) is 12.4 Å². The lowest BCUT2D eigenvalue weighted by Gasteiger charge is -2.30. The quantitative estimate of drug-likeness (QED) is 0.798. The summed E-state index contributed by atoms with van der Waals surface area (Å²) in [5.74, 6) is 0. The summed E-state index contributed by atoms with van der Waals surface area (Å²) in [5, 5.41) is 3.35. The third kappa shape index (κ3) is 2.93. The largest absolute Gasteiger partial charge is 0.350 e. The van der Waals surface area contributed by atoms with E-state index in [1.165, 1.54) is 0 Å². The maximum Gasteiger partial charge on any atom is 0.181 e. The van der Waals surface area contributed by atoms with Gasteiger partial charge in [0.25, 0.3) is 0 Å². The molecule has 1 aromatic rings.